The minimum absolute atomic E-state index is 0.0247. The van der Waals surface area contributed by atoms with Gasteiger partial charge in [-0.15, -0.1) is 0 Å². The number of nitrogen functional groups attached to an aromatic ring is 1. The summed E-state index contributed by atoms with van der Waals surface area (Å²) in [5.41, 5.74) is 11.0. The second kappa shape index (κ2) is 6.15. The Morgan fingerprint density at radius 3 is 3.05 bits per heavy atom. The Morgan fingerprint density at radius 2 is 2.30 bits per heavy atom. The number of nitrogens with zero attached hydrogens (tertiary/aromatic N) is 3. The highest BCUT2D eigenvalue weighted by Gasteiger charge is 2.10. The van der Waals surface area contributed by atoms with E-state index >= 15 is 0 Å². The Kier molecular flexibility index (Phi) is 4.31. The zero-order valence-corrected chi connectivity index (χ0v) is 10.9. The molecule has 2 rings (SSSR count). The van der Waals surface area contributed by atoms with Gasteiger partial charge in [-0.3, -0.25) is 14.6 Å². The van der Waals surface area contributed by atoms with Crippen molar-refractivity contribution in [1.29, 1.82) is 0 Å². The molecule has 0 bridgehead atoms. The molecule has 6 N–H and O–H groups in total. The van der Waals surface area contributed by atoms with Crippen LogP contribution in [0.3, 0.4) is 0 Å². The summed E-state index contributed by atoms with van der Waals surface area (Å²) in [5, 5.41) is 2.75. The number of aromatic nitrogens is 4. The fraction of sp³-hybridized carbons (Fsp3) is 0.455. The molecule has 20 heavy (non-hydrogen) atoms. The molecule has 9 nitrogen and oxygen atoms in total. The second-order valence-electron chi connectivity index (χ2n) is 4.30. The standard InChI is InChI=1S/C11H17N7O2/c12-3-1-4-14-7(19)2-5-18-6-15-8-9(18)16-11(13)17-10(8)20/h6H,1-5,12H2,(H,14,19)(H3,13,16,17,20). The van der Waals surface area contributed by atoms with Crippen LogP contribution in [0.4, 0.5) is 5.95 Å². The van der Waals surface area contributed by atoms with Gasteiger partial charge in [-0.2, -0.15) is 4.98 Å². The van der Waals surface area contributed by atoms with E-state index in [0.717, 1.165) is 6.42 Å². The monoisotopic (exact) mass is 279 g/mol. The van der Waals surface area contributed by atoms with Crippen molar-refractivity contribution in [2.24, 2.45) is 5.73 Å². The molecule has 0 aromatic carbocycles. The van der Waals surface area contributed by atoms with Gasteiger partial charge in [0.1, 0.15) is 0 Å². The summed E-state index contributed by atoms with van der Waals surface area (Å²) in [6.45, 7) is 1.48. The van der Waals surface area contributed by atoms with E-state index in [1.165, 1.54) is 6.33 Å². The van der Waals surface area contributed by atoms with Crippen molar-refractivity contribution in [3.63, 3.8) is 0 Å². The number of imidazole rings is 1. The molecule has 2 aromatic heterocycles. The van der Waals surface area contributed by atoms with Crippen LogP contribution in [0, 0.1) is 0 Å². The van der Waals surface area contributed by atoms with Crippen molar-refractivity contribution in [3.8, 4) is 0 Å². The van der Waals surface area contributed by atoms with E-state index in [0.29, 0.717) is 25.3 Å². The number of aryl methyl sites for hydroxylation is 1. The Bertz CT molecular complexity index is 660. The van der Waals surface area contributed by atoms with Crippen molar-refractivity contribution in [1.82, 2.24) is 24.8 Å². The first kappa shape index (κ1) is 14.0. The van der Waals surface area contributed by atoms with Gasteiger partial charge < -0.3 is 21.4 Å². The van der Waals surface area contributed by atoms with Crippen LogP contribution in [0.2, 0.25) is 0 Å². The fourth-order valence-corrected chi connectivity index (χ4v) is 1.77. The van der Waals surface area contributed by atoms with Crippen LogP contribution in [0.15, 0.2) is 11.1 Å². The van der Waals surface area contributed by atoms with E-state index in [9.17, 15) is 9.59 Å². The molecule has 0 saturated carbocycles. The zero-order valence-electron chi connectivity index (χ0n) is 10.9. The lowest BCUT2D eigenvalue weighted by atomic mass is 10.3. The number of hydrogen-bond donors (Lipinski definition) is 4. The summed E-state index contributed by atoms with van der Waals surface area (Å²) in [5.74, 6) is -0.0604. The zero-order chi connectivity index (χ0) is 14.5. The van der Waals surface area contributed by atoms with Crippen LogP contribution < -0.4 is 22.3 Å². The maximum atomic E-state index is 11.6. The lowest BCUT2D eigenvalue weighted by molar-refractivity contribution is -0.121. The van der Waals surface area contributed by atoms with Crippen LogP contribution in [-0.4, -0.2) is 38.5 Å². The third-order valence-corrected chi connectivity index (χ3v) is 2.78. The van der Waals surface area contributed by atoms with Gasteiger partial charge in [0.25, 0.3) is 5.56 Å². The predicted molar refractivity (Wildman–Crippen MR) is 73.9 cm³/mol. The van der Waals surface area contributed by atoms with Gasteiger partial charge in [0.15, 0.2) is 11.2 Å². The molecule has 0 aliphatic heterocycles. The Labute approximate surface area is 114 Å². The third kappa shape index (κ3) is 3.12. The quantitative estimate of drug-likeness (QED) is 0.476. The number of nitrogens with two attached hydrogens (primary N) is 2. The second-order valence-corrected chi connectivity index (χ2v) is 4.30. The van der Waals surface area contributed by atoms with Crippen LogP contribution >= 0.6 is 0 Å². The molecular formula is C11H17N7O2. The van der Waals surface area contributed by atoms with E-state index < -0.39 is 5.56 Å². The molecule has 0 spiro atoms. The van der Waals surface area contributed by atoms with Gasteiger partial charge in [0, 0.05) is 19.5 Å². The number of carbonyl (C=O) groups excluding carboxylic acids is 1. The van der Waals surface area contributed by atoms with Crippen molar-refractivity contribution in [2.75, 3.05) is 18.8 Å². The Morgan fingerprint density at radius 1 is 1.50 bits per heavy atom. The van der Waals surface area contributed by atoms with Crippen LogP contribution in [0.25, 0.3) is 11.2 Å². The molecule has 0 saturated heterocycles. The first-order valence-electron chi connectivity index (χ1n) is 6.29. The summed E-state index contributed by atoms with van der Waals surface area (Å²) < 4.78 is 1.63. The average Bonchev–Trinajstić information content (AvgIpc) is 2.80. The minimum atomic E-state index is -0.390. The van der Waals surface area contributed by atoms with Gasteiger partial charge in [-0.25, -0.2) is 4.98 Å². The topological polar surface area (TPSA) is 145 Å². The normalized spacial score (nSPS) is 10.8. The number of rotatable bonds is 6. The predicted octanol–water partition coefficient (Wildman–Crippen LogP) is -1.44. The number of nitrogens with one attached hydrogen (secondary N) is 2. The molecule has 108 valence electrons. The van der Waals surface area contributed by atoms with Crippen LogP contribution in [0.5, 0.6) is 0 Å². The van der Waals surface area contributed by atoms with Crippen LogP contribution in [-0.2, 0) is 11.3 Å². The van der Waals surface area contributed by atoms with Gasteiger partial charge in [-0.05, 0) is 13.0 Å². The molecule has 0 aliphatic carbocycles. The molecule has 0 radical (unpaired) electrons. The first-order valence-corrected chi connectivity index (χ1v) is 6.29. The van der Waals surface area contributed by atoms with Crippen molar-refractivity contribution < 1.29 is 4.79 Å². The summed E-state index contributed by atoms with van der Waals surface area (Å²) >= 11 is 0. The van der Waals surface area contributed by atoms with Crippen molar-refractivity contribution in [2.45, 2.75) is 19.4 Å². The number of aromatic amines is 1. The van der Waals surface area contributed by atoms with Crippen molar-refractivity contribution in [3.05, 3.63) is 16.7 Å². The van der Waals surface area contributed by atoms with E-state index in [4.69, 9.17) is 11.5 Å². The molecule has 0 unspecified atom stereocenters. The molecular weight excluding hydrogens is 262 g/mol. The molecule has 9 heteroatoms. The van der Waals surface area contributed by atoms with Gasteiger partial charge in [0.05, 0.1) is 6.33 Å². The Hall–Kier alpha value is -2.42. The lowest BCUT2D eigenvalue weighted by Crippen LogP contribution is -2.26. The highest BCUT2D eigenvalue weighted by molar-refractivity contribution is 5.76. The summed E-state index contributed by atoms with van der Waals surface area (Å²) in [7, 11) is 0. The summed E-state index contributed by atoms with van der Waals surface area (Å²) in [4.78, 5) is 33.5. The van der Waals surface area contributed by atoms with E-state index in [-0.39, 0.29) is 23.8 Å². The minimum Gasteiger partial charge on any atom is -0.369 e. The number of amides is 1. The van der Waals surface area contributed by atoms with E-state index in [2.05, 4.69) is 20.3 Å². The number of anilines is 1. The van der Waals surface area contributed by atoms with Gasteiger partial charge in [0.2, 0.25) is 11.9 Å². The van der Waals surface area contributed by atoms with Crippen LogP contribution in [0.1, 0.15) is 12.8 Å². The van der Waals surface area contributed by atoms with E-state index in [1.54, 1.807) is 4.57 Å². The first-order chi connectivity index (χ1) is 9.61. The molecule has 1 amide bonds. The largest absolute Gasteiger partial charge is 0.369 e. The molecule has 2 aromatic rings. The number of hydrogen-bond acceptors (Lipinski definition) is 6. The summed E-state index contributed by atoms with van der Waals surface area (Å²) in [6, 6.07) is 0. The molecule has 0 fully saturated rings. The smallest absolute Gasteiger partial charge is 0.280 e. The van der Waals surface area contributed by atoms with E-state index in [1.807, 2.05) is 0 Å². The van der Waals surface area contributed by atoms with Crippen molar-refractivity contribution >= 4 is 23.0 Å². The highest BCUT2D eigenvalue weighted by atomic mass is 16.1. The molecule has 0 atom stereocenters. The number of H-pyrrole nitrogens is 1. The summed E-state index contributed by atoms with van der Waals surface area (Å²) in [6.07, 6.45) is 2.48. The molecule has 2 heterocycles. The fourth-order valence-electron chi connectivity index (χ4n) is 1.77. The number of carbonyl (C=O) groups is 1. The maximum Gasteiger partial charge on any atom is 0.280 e. The van der Waals surface area contributed by atoms with Gasteiger partial charge in [-0.1, -0.05) is 0 Å². The SMILES string of the molecule is NCCCNC(=O)CCn1cnc2c(=O)[nH]c(N)nc21. The van der Waals surface area contributed by atoms with Gasteiger partial charge >= 0.3 is 0 Å². The highest BCUT2D eigenvalue weighted by Crippen LogP contribution is 2.06. The Balaban J connectivity index is 2.03. The maximum absolute atomic E-state index is 11.6. The molecule has 0 aliphatic rings. The number of fused-ring (bicyclic) bond motifs is 1. The third-order valence-electron chi connectivity index (χ3n) is 2.78. The average molecular weight is 279 g/mol. The lowest BCUT2D eigenvalue weighted by Gasteiger charge is -2.05.